The fourth-order valence-corrected chi connectivity index (χ4v) is 0.875. The minimum absolute atomic E-state index is 0.0656. The molecule has 0 radical (unpaired) electrons. The van der Waals surface area contributed by atoms with Crippen molar-refractivity contribution in [3.05, 3.63) is 0 Å². The van der Waals surface area contributed by atoms with Crippen molar-refractivity contribution in [1.82, 2.24) is 5.32 Å². The summed E-state index contributed by atoms with van der Waals surface area (Å²) in [5.74, 6) is -1.94. The molecule has 0 spiro atoms. The molecule has 0 fully saturated rings. The molecule has 0 aromatic heterocycles. The Morgan fingerprint density at radius 1 is 1.40 bits per heavy atom. The molecule has 1 unspecified atom stereocenters. The number of hydrogen-bond acceptors (Lipinski definition) is 3. The van der Waals surface area contributed by atoms with Crippen LogP contribution in [0, 0.1) is 0 Å². The zero-order valence-electron chi connectivity index (χ0n) is 8.01. The maximum Gasteiger partial charge on any atom is 0.471 e. The summed E-state index contributed by atoms with van der Waals surface area (Å²) in [7, 11) is 0. The molecule has 0 aromatic rings. The summed E-state index contributed by atoms with van der Waals surface area (Å²) in [4.78, 5) is 20.4. The van der Waals surface area contributed by atoms with E-state index >= 15 is 0 Å². The van der Waals surface area contributed by atoms with Gasteiger partial charge in [0.25, 0.3) is 0 Å². The van der Waals surface area contributed by atoms with Crippen molar-refractivity contribution < 1.29 is 22.8 Å². The van der Waals surface area contributed by atoms with Crippen LogP contribution in [0.25, 0.3) is 0 Å². The first kappa shape index (κ1) is 13.9. The number of hydrogen-bond donors (Lipinski definition) is 2. The molecule has 0 saturated carbocycles. The Bertz CT molecular complexity index is 218. The highest BCUT2D eigenvalue weighted by Gasteiger charge is 2.38. The van der Waals surface area contributed by atoms with Gasteiger partial charge in [-0.2, -0.15) is 13.2 Å². The predicted molar refractivity (Wildman–Crippen MR) is 47.0 cm³/mol. The van der Waals surface area contributed by atoms with Crippen LogP contribution in [-0.2, 0) is 9.59 Å². The first-order chi connectivity index (χ1) is 6.88. The number of nitrogens with two attached hydrogens (primary N) is 1. The molecule has 1 atom stereocenters. The standard InChI is InChI=1S/C8H13F3N2O2/c9-8(10,11)7(15)13-4-2-1-3-6(12)5-14/h5-6H,1-4,12H2,(H,13,15). The highest BCUT2D eigenvalue weighted by molar-refractivity contribution is 5.81. The number of alkyl halides is 3. The fraction of sp³-hybridized carbons (Fsp3) is 0.750. The predicted octanol–water partition coefficient (Wildman–Crippen LogP) is 0.361. The lowest BCUT2D eigenvalue weighted by atomic mass is 10.1. The second-order valence-corrected chi connectivity index (χ2v) is 3.05. The van der Waals surface area contributed by atoms with Crippen molar-refractivity contribution in [2.75, 3.05) is 6.54 Å². The van der Waals surface area contributed by atoms with Crippen molar-refractivity contribution in [3.8, 4) is 0 Å². The van der Waals surface area contributed by atoms with Crippen molar-refractivity contribution in [2.24, 2.45) is 5.73 Å². The van der Waals surface area contributed by atoms with Crippen LogP contribution in [0.3, 0.4) is 0 Å². The van der Waals surface area contributed by atoms with Crippen molar-refractivity contribution in [2.45, 2.75) is 31.5 Å². The lowest BCUT2D eigenvalue weighted by molar-refractivity contribution is -0.173. The van der Waals surface area contributed by atoms with Gasteiger partial charge in [0, 0.05) is 6.54 Å². The number of rotatable bonds is 6. The van der Waals surface area contributed by atoms with E-state index < -0.39 is 18.1 Å². The summed E-state index contributed by atoms with van der Waals surface area (Å²) in [6.07, 6.45) is -2.99. The Labute approximate surface area is 85.0 Å². The highest BCUT2D eigenvalue weighted by atomic mass is 19.4. The number of carbonyl (C=O) groups excluding carboxylic acids is 2. The largest absolute Gasteiger partial charge is 0.471 e. The molecular weight excluding hydrogens is 213 g/mol. The molecule has 4 nitrogen and oxygen atoms in total. The van der Waals surface area contributed by atoms with Gasteiger partial charge in [0.15, 0.2) is 0 Å². The van der Waals surface area contributed by atoms with Gasteiger partial charge in [0.1, 0.15) is 6.29 Å². The zero-order valence-corrected chi connectivity index (χ0v) is 8.01. The number of carbonyl (C=O) groups is 2. The van der Waals surface area contributed by atoms with E-state index in [-0.39, 0.29) is 6.54 Å². The van der Waals surface area contributed by atoms with E-state index in [2.05, 4.69) is 0 Å². The Morgan fingerprint density at radius 2 is 2.00 bits per heavy atom. The summed E-state index contributed by atoms with van der Waals surface area (Å²) in [6, 6.07) is -0.580. The SMILES string of the molecule is NC(C=O)CCCCNC(=O)C(F)(F)F. The first-order valence-electron chi connectivity index (χ1n) is 4.44. The molecular formula is C8H13F3N2O2. The minimum atomic E-state index is -4.83. The number of nitrogens with one attached hydrogen (secondary N) is 1. The van der Waals surface area contributed by atoms with Crippen LogP contribution in [0.2, 0.25) is 0 Å². The normalized spacial score (nSPS) is 13.3. The third-order valence-corrected chi connectivity index (χ3v) is 1.68. The summed E-state index contributed by atoms with van der Waals surface area (Å²) in [6.45, 7) is -0.0656. The molecule has 0 aromatic carbocycles. The van der Waals surface area contributed by atoms with E-state index in [1.807, 2.05) is 0 Å². The minimum Gasteiger partial charge on any atom is -0.348 e. The van der Waals surface area contributed by atoms with Gasteiger partial charge in [0.05, 0.1) is 6.04 Å². The third kappa shape index (κ3) is 6.89. The van der Waals surface area contributed by atoms with Crippen LogP contribution in [0.4, 0.5) is 13.2 Å². The Balaban J connectivity index is 3.47. The monoisotopic (exact) mass is 226 g/mol. The van der Waals surface area contributed by atoms with E-state index in [0.29, 0.717) is 25.5 Å². The molecule has 0 rings (SSSR count). The van der Waals surface area contributed by atoms with Crippen LogP contribution < -0.4 is 11.1 Å². The lowest BCUT2D eigenvalue weighted by Gasteiger charge is -2.07. The van der Waals surface area contributed by atoms with Gasteiger partial charge >= 0.3 is 12.1 Å². The van der Waals surface area contributed by atoms with Crippen molar-refractivity contribution in [3.63, 3.8) is 0 Å². The fourth-order valence-electron chi connectivity index (χ4n) is 0.875. The Kier molecular flexibility index (Phi) is 5.92. The molecule has 15 heavy (non-hydrogen) atoms. The summed E-state index contributed by atoms with van der Waals surface area (Å²) in [5, 5.41) is 1.72. The quantitative estimate of drug-likeness (QED) is 0.507. The summed E-state index contributed by atoms with van der Waals surface area (Å²) in [5.41, 5.74) is 5.25. The second kappa shape index (κ2) is 6.39. The van der Waals surface area contributed by atoms with Gasteiger partial charge < -0.3 is 15.8 Å². The van der Waals surface area contributed by atoms with Crippen LogP contribution >= 0.6 is 0 Å². The molecule has 0 aliphatic carbocycles. The molecule has 0 bridgehead atoms. The van der Waals surface area contributed by atoms with E-state index in [1.54, 1.807) is 5.32 Å². The molecule has 88 valence electrons. The van der Waals surface area contributed by atoms with Crippen LogP contribution in [0.5, 0.6) is 0 Å². The van der Waals surface area contributed by atoms with Gasteiger partial charge in [0.2, 0.25) is 0 Å². The number of amides is 1. The van der Waals surface area contributed by atoms with Crippen LogP contribution in [0.1, 0.15) is 19.3 Å². The average molecular weight is 226 g/mol. The second-order valence-electron chi connectivity index (χ2n) is 3.05. The van der Waals surface area contributed by atoms with Crippen LogP contribution in [0.15, 0.2) is 0 Å². The van der Waals surface area contributed by atoms with E-state index in [9.17, 15) is 22.8 Å². The smallest absolute Gasteiger partial charge is 0.348 e. The molecule has 0 saturated heterocycles. The van der Waals surface area contributed by atoms with E-state index in [1.165, 1.54) is 0 Å². The zero-order chi connectivity index (χ0) is 11.9. The van der Waals surface area contributed by atoms with E-state index in [4.69, 9.17) is 5.73 Å². The summed E-state index contributed by atoms with van der Waals surface area (Å²) < 4.78 is 35.0. The maximum absolute atomic E-state index is 11.7. The topological polar surface area (TPSA) is 72.2 Å². The van der Waals surface area contributed by atoms with Gasteiger partial charge in [-0.05, 0) is 19.3 Å². The van der Waals surface area contributed by atoms with Gasteiger partial charge in [-0.1, -0.05) is 0 Å². The number of halogens is 3. The van der Waals surface area contributed by atoms with Crippen LogP contribution in [-0.4, -0.2) is 31.0 Å². The molecule has 7 heteroatoms. The van der Waals surface area contributed by atoms with Crippen molar-refractivity contribution >= 4 is 12.2 Å². The Morgan fingerprint density at radius 3 is 2.47 bits per heavy atom. The van der Waals surface area contributed by atoms with Crippen molar-refractivity contribution in [1.29, 1.82) is 0 Å². The molecule has 0 heterocycles. The molecule has 1 amide bonds. The Hall–Kier alpha value is -1.11. The molecule has 0 aliphatic heterocycles. The highest BCUT2D eigenvalue weighted by Crippen LogP contribution is 2.13. The number of aldehydes is 1. The first-order valence-corrected chi connectivity index (χ1v) is 4.44. The van der Waals surface area contributed by atoms with E-state index in [0.717, 1.165) is 0 Å². The third-order valence-electron chi connectivity index (χ3n) is 1.68. The maximum atomic E-state index is 11.7. The summed E-state index contributed by atoms with van der Waals surface area (Å²) >= 11 is 0. The van der Waals surface area contributed by atoms with Gasteiger partial charge in [-0.25, -0.2) is 0 Å². The molecule has 0 aliphatic rings. The number of unbranched alkanes of at least 4 members (excludes halogenated alkanes) is 1. The van der Waals surface area contributed by atoms with Gasteiger partial charge in [-0.3, -0.25) is 4.79 Å². The lowest BCUT2D eigenvalue weighted by Crippen LogP contribution is -2.37. The average Bonchev–Trinajstić information content (AvgIpc) is 2.15. The van der Waals surface area contributed by atoms with Gasteiger partial charge in [-0.15, -0.1) is 0 Å². The molecule has 3 N–H and O–H groups in total.